The molecule has 0 heterocycles. The Balaban J connectivity index is 2.53. The van der Waals surface area contributed by atoms with E-state index in [1.807, 2.05) is 31.2 Å². The molecule has 0 radical (unpaired) electrons. The van der Waals surface area contributed by atoms with Gasteiger partial charge >= 0.3 is 0 Å². The zero-order valence-electron chi connectivity index (χ0n) is 10.6. The number of carbonyl (C=O) groups excluding carboxylic acids is 1. The summed E-state index contributed by atoms with van der Waals surface area (Å²) in [6.45, 7) is 4.18. The first-order chi connectivity index (χ1) is 8.17. The number of aliphatic hydroxyl groups excluding tert-OH is 1. The van der Waals surface area contributed by atoms with Crippen molar-refractivity contribution in [1.29, 1.82) is 0 Å². The molecule has 1 aromatic carbocycles. The number of hydrogen-bond acceptors (Lipinski definition) is 3. The van der Waals surface area contributed by atoms with Crippen LogP contribution >= 0.6 is 0 Å². The minimum atomic E-state index is 0.171. The van der Waals surface area contributed by atoms with Gasteiger partial charge in [0, 0.05) is 30.3 Å². The quantitative estimate of drug-likeness (QED) is 0.714. The van der Waals surface area contributed by atoms with Crippen LogP contribution in [0.5, 0.6) is 0 Å². The smallest absolute Gasteiger partial charge is 0.162 e. The minimum absolute atomic E-state index is 0.171. The van der Waals surface area contributed by atoms with Crippen molar-refractivity contribution in [3.8, 4) is 0 Å². The number of carbonyl (C=O) groups is 1. The van der Waals surface area contributed by atoms with Crippen LogP contribution in [0.3, 0.4) is 0 Å². The molecule has 1 atom stereocenters. The lowest BCUT2D eigenvalue weighted by Crippen LogP contribution is -2.15. The highest BCUT2D eigenvalue weighted by Gasteiger charge is 2.04. The maximum absolute atomic E-state index is 11.4. The summed E-state index contributed by atoms with van der Waals surface area (Å²) in [7, 11) is 0. The second-order valence-corrected chi connectivity index (χ2v) is 4.27. The van der Waals surface area contributed by atoms with Crippen molar-refractivity contribution in [1.82, 2.24) is 0 Å². The number of hydrogen-bond donors (Lipinski definition) is 2. The molecule has 0 aromatic heterocycles. The molecule has 3 heteroatoms. The van der Waals surface area contributed by atoms with Gasteiger partial charge in [0.2, 0.25) is 0 Å². The van der Waals surface area contributed by atoms with E-state index >= 15 is 0 Å². The molecule has 0 amide bonds. The SMILES string of the molecule is CCC(=O)c1ccc(NC(C)CCCO)cc1. The first-order valence-electron chi connectivity index (χ1n) is 6.18. The standard InChI is InChI=1S/C14H21NO2/c1-3-14(17)12-6-8-13(9-7-12)15-11(2)5-4-10-16/h6-9,11,15-16H,3-5,10H2,1-2H3. The number of rotatable bonds is 7. The molecule has 17 heavy (non-hydrogen) atoms. The average Bonchev–Trinajstić information content (AvgIpc) is 2.36. The lowest BCUT2D eigenvalue weighted by Gasteiger charge is -2.14. The van der Waals surface area contributed by atoms with Crippen molar-refractivity contribution in [2.24, 2.45) is 0 Å². The van der Waals surface area contributed by atoms with Crippen molar-refractivity contribution in [3.63, 3.8) is 0 Å². The van der Waals surface area contributed by atoms with Crippen molar-refractivity contribution in [3.05, 3.63) is 29.8 Å². The predicted molar refractivity (Wildman–Crippen MR) is 70.5 cm³/mol. The highest BCUT2D eigenvalue weighted by molar-refractivity contribution is 5.96. The van der Waals surface area contributed by atoms with Crippen molar-refractivity contribution >= 4 is 11.5 Å². The summed E-state index contributed by atoms with van der Waals surface area (Å²) in [5.74, 6) is 0.171. The Morgan fingerprint density at radius 1 is 1.35 bits per heavy atom. The maximum atomic E-state index is 11.4. The van der Waals surface area contributed by atoms with E-state index in [1.165, 1.54) is 0 Å². The monoisotopic (exact) mass is 235 g/mol. The highest BCUT2D eigenvalue weighted by atomic mass is 16.2. The van der Waals surface area contributed by atoms with Gasteiger partial charge in [0.25, 0.3) is 0 Å². The Kier molecular flexibility index (Phi) is 5.70. The molecule has 0 aliphatic rings. The van der Waals surface area contributed by atoms with Crippen LogP contribution in [0.2, 0.25) is 0 Å². The fraction of sp³-hybridized carbons (Fsp3) is 0.500. The molecule has 0 saturated heterocycles. The first kappa shape index (κ1) is 13.7. The lowest BCUT2D eigenvalue weighted by atomic mass is 10.1. The van der Waals surface area contributed by atoms with Gasteiger partial charge < -0.3 is 10.4 Å². The molecule has 0 bridgehead atoms. The third-order valence-corrected chi connectivity index (χ3v) is 2.74. The van der Waals surface area contributed by atoms with Crippen LogP contribution in [0, 0.1) is 0 Å². The second-order valence-electron chi connectivity index (χ2n) is 4.27. The molecule has 1 aromatic rings. The van der Waals surface area contributed by atoms with E-state index in [0.29, 0.717) is 12.5 Å². The number of ketones is 1. The van der Waals surface area contributed by atoms with Crippen LogP contribution in [0.4, 0.5) is 5.69 Å². The average molecular weight is 235 g/mol. The van der Waals surface area contributed by atoms with E-state index in [9.17, 15) is 4.79 Å². The van der Waals surface area contributed by atoms with Gasteiger partial charge in [-0.25, -0.2) is 0 Å². The van der Waals surface area contributed by atoms with Crippen molar-refractivity contribution in [2.45, 2.75) is 39.2 Å². The molecule has 94 valence electrons. The van der Waals surface area contributed by atoms with Crippen LogP contribution in [0.1, 0.15) is 43.5 Å². The maximum Gasteiger partial charge on any atom is 0.162 e. The fourth-order valence-corrected chi connectivity index (χ4v) is 1.71. The molecule has 2 N–H and O–H groups in total. The number of benzene rings is 1. The van der Waals surface area contributed by atoms with Crippen LogP contribution in [-0.2, 0) is 0 Å². The highest BCUT2D eigenvalue weighted by Crippen LogP contribution is 2.13. The Hall–Kier alpha value is -1.35. The Morgan fingerprint density at radius 2 is 2.00 bits per heavy atom. The van der Waals surface area contributed by atoms with E-state index in [-0.39, 0.29) is 12.4 Å². The Bertz CT molecular complexity index is 346. The van der Waals surface area contributed by atoms with Gasteiger partial charge in [-0.15, -0.1) is 0 Å². The second kappa shape index (κ2) is 7.07. The number of Topliss-reactive ketones (excluding diaryl/α,β-unsaturated/α-hetero) is 1. The first-order valence-corrected chi connectivity index (χ1v) is 6.18. The fourth-order valence-electron chi connectivity index (χ4n) is 1.71. The van der Waals surface area contributed by atoms with Crippen LogP contribution in [-0.4, -0.2) is 23.5 Å². The summed E-state index contributed by atoms with van der Waals surface area (Å²) in [6, 6.07) is 7.89. The minimum Gasteiger partial charge on any atom is -0.396 e. The molecule has 1 rings (SSSR count). The van der Waals surface area contributed by atoms with Gasteiger partial charge in [-0.2, -0.15) is 0 Å². The van der Waals surface area contributed by atoms with Crippen LogP contribution in [0.15, 0.2) is 24.3 Å². The van der Waals surface area contributed by atoms with Gasteiger partial charge in [0.05, 0.1) is 0 Å². The summed E-state index contributed by atoms with van der Waals surface area (Å²) in [5.41, 5.74) is 1.78. The third-order valence-electron chi connectivity index (χ3n) is 2.74. The van der Waals surface area contributed by atoms with Crippen molar-refractivity contribution in [2.75, 3.05) is 11.9 Å². The van der Waals surface area contributed by atoms with Crippen LogP contribution in [0.25, 0.3) is 0 Å². The van der Waals surface area contributed by atoms with Gasteiger partial charge in [0.15, 0.2) is 5.78 Å². The van der Waals surface area contributed by atoms with Gasteiger partial charge in [-0.3, -0.25) is 4.79 Å². The van der Waals surface area contributed by atoms with Crippen LogP contribution < -0.4 is 5.32 Å². The normalized spacial score (nSPS) is 12.2. The summed E-state index contributed by atoms with van der Waals surface area (Å²) < 4.78 is 0. The number of anilines is 1. The zero-order chi connectivity index (χ0) is 12.7. The Labute approximate surface area is 103 Å². The lowest BCUT2D eigenvalue weighted by molar-refractivity contribution is 0.0988. The van der Waals surface area contributed by atoms with Gasteiger partial charge in [-0.1, -0.05) is 6.92 Å². The molecule has 1 unspecified atom stereocenters. The zero-order valence-corrected chi connectivity index (χ0v) is 10.6. The molecule has 0 spiro atoms. The predicted octanol–water partition coefficient (Wildman–Crippen LogP) is 2.85. The van der Waals surface area contributed by atoms with E-state index in [1.54, 1.807) is 0 Å². The van der Waals surface area contributed by atoms with Crippen molar-refractivity contribution < 1.29 is 9.90 Å². The summed E-state index contributed by atoms with van der Waals surface area (Å²) in [5, 5.41) is 12.1. The molecular formula is C14H21NO2. The molecule has 0 saturated carbocycles. The summed E-state index contributed by atoms with van der Waals surface area (Å²) in [4.78, 5) is 11.4. The summed E-state index contributed by atoms with van der Waals surface area (Å²) in [6.07, 6.45) is 2.28. The summed E-state index contributed by atoms with van der Waals surface area (Å²) >= 11 is 0. The molecular weight excluding hydrogens is 214 g/mol. The molecule has 0 fully saturated rings. The number of nitrogens with one attached hydrogen (secondary N) is 1. The van der Waals surface area contributed by atoms with E-state index < -0.39 is 0 Å². The van der Waals surface area contributed by atoms with E-state index in [4.69, 9.17) is 5.11 Å². The van der Waals surface area contributed by atoms with Gasteiger partial charge in [-0.05, 0) is 44.0 Å². The van der Waals surface area contributed by atoms with E-state index in [2.05, 4.69) is 12.2 Å². The number of aliphatic hydroxyl groups is 1. The Morgan fingerprint density at radius 3 is 2.53 bits per heavy atom. The topological polar surface area (TPSA) is 49.3 Å². The third kappa shape index (κ3) is 4.57. The molecule has 0 aliphatic carbocycles. The molecule has 0 aliphatic heterocycles. The largest absolute Gasteiger partial charge is 0.396 e. The van der Waals surface area contributed by atoms with E-state index in [0.717, 1.165) is 24.1 Å². The molecule has 3 nitrogen and oxygen atoms in total. The van der Waals surface area contributed by atoms with Gasteiger partial charge in [0.1, 0.15) is 0 Å².